The van der Waals surface area contributed by atoms with E-state index in [1.54, 1.807) is 21.3 Å². The van der Waals surface area contributed by atoms with Gasteiger partial charge in [-0.05, 0) is 19.1 Å². The van der Waals surface area contributed by atoms with Crippen LogP contribution in [0.25, 0.3) is 10.6 Å². The van der Waals surface area contributed by atoms with Gasteiger partial charge < -0.3 is 19.9 Å². The van der Waals surface area contributed by atoms with Crippen molar-refractivity contribution in [1.29, 1.82) is 0 Å². The fraction of sp³-hybridized carbons (Fsp3) is 0.357. The third kappa shape index (κ3) is 2.71. The lowest BCUT2D eigenvalue weighted by molar-refractivity contribution is 0.324. The zero-order valence-electron chi connectivity index (χ0n) is 12.0. The lowest BCUT2D eigenvalue weighted by atomic mass is 10.2. The summed E-state index contributed by atoms with van der Waals surface area (Å²) < 4.78 is 16.0. The molecule has 1 unspecified atom stereocenters. The van der Waals surface area contributed by atoms with Crippen molar-refractivity contribution in [3.05, 3.63) is 23.2 Å². The standard InChI is InChI=1S/C14H18N2O3S/c1-8(15)10-7-20-14(16-10)9-5-11(17-2)13(19-4)12(6-9)18-3/h5-8H,15H2,1-4H3. The van der Waals surface area contributed by atoms with E-state index >= 15 is 0 Å². The van der Waals surface area contributed by atoms with Gasteiger partial charge in [-0.15, -0.1) is 11.3 Å². The molecule has 1 aromatic heterocycles. The largest absolute Gasteiger partial charge is 0.493 e. The maximum Gasteiger partial charge on any atom is 0.203 e. The number of ether oxygens (including phenoxy) is 3. The van der Waals surface area contributed by atoms with Crippen molar-refractivity contribution in [2.45, 2.75) is 13.0 Å². The van der Waals surface area contributed by atoms with E-state index < -0.39 is 0 Å². The number of thiazole rings is 1. The van der Waals surface area contributed by atoms with Crippen LogP contribution in [-0.4, -0.2) is 26.3 Å². The number of methoxy groups -OCH3 is 3. The van der Waals surface area contributed by atoms with Gasteiger partial charge in [-0.1, -0.05) is 0 Å². The normalized spacial score (nSPS) is 12.1. The van der Waals surface area contributed by atoms with E-state index in [4.69, 9.17) is 19.9 Å². The summed E-state index contributed by atoms with van der Waals surface area (Å²) in [7, 11) is 4.77. The molecule has 0 aliphatic rings. The van der Waals surface area contributed by atoms with Gasteiger partial charge in [-0.3, -0.25) is 0 Å². The highest BCUT2D eigenvalue weighted by Gasteiger charge is 2.16. The van der Waals surface area contributed by atoms with Gasteiger partial charge in [0.05, 0.1) is 27.0 Å². The Morgan fingerprint density at radius 3 is 2.10 bits per heavy atom. The van der Waals surface area contributed by atoms with Crippen molar-refractivity contribution < 1.29 is 14.2 Å². The topological polar surface area (TPSA) is 66.6 Å². The summed E-state index contributed by atoms with van der Waals surface area (Å²) in [5.74, 6) is 1.79. The number of hydrogen-bond acceptors (Lipinski definition) is 6. The lowest BCUT2D eigenvalue weighted by Gasteiger charge is -2.13. The van der Waals surface area contributed by atoms with Crippen molar-refractivity contribution >= 4 is 11.3 Å². The van der Waals surface area contributed by atoms with E-state index in [-0.39, 0.29) is 6.04 Å². The van der Waals surface area contributed by atoms with Crippen molar-refractivity contribution in [3.8, 4) is 27.8 Å². The Morgan fingerprint density at radius 1 is 1.10 bits per heavy atom. The van der Waals surface area contributed by atoms with Gasteiger partial charge in [0.15, 0.2) is 11.5 Å². The Bertz CT molecular complexity index is 571. The number of hydrogen-bond donors (Lipinski definition) is 1. The highest BCUT2D eigenvalue weighted by atomic mass is 32.1. The van der Waals surface area contributed by atoms with Gasteiger partial charge in [0, 0.05) is 17.0 Å². The van der Waals surface area contributed by atoms with Gasteiger partial charge in [0.25, 0.3) is 0 Å². The molecule has 1 atom stereocenters. The number of aromatic nitrogens is 1. The molecule has 6 heteroatoms. The van der Waals surface area contributed by atoms with E-state index in [1.165, 1.54) is 11.3 Å². The number of rotatable bonds is 5. The average Bonchev–Trinajstić information content (AvgIpc) is 2.95. The van der Waals surface area contributed by atoms with Crippen molar-refractivity contribution in [2.24, 2.45) is 5.73 Å². The van der Waals surface area contributed by atoms with E-state index in [0.29, 0.717) is 17.2 Å². The third-order valence-corrected chi connectivity index (χ3v) is 3.81. The van der Waals surface area contributed by atoms with Crippen molar-refractivity contribution in [3.63, 3.8) is 0 Å². The fourth-order valence-corrected chi connectivity index (χ4v) is 2.74. The first kappa shape index (κ1) is 14.6. The molecule has 0 saturated heterocycles. The monoisotopic (exact) mass is 294 g/mol. The lowest BCUT2D eigenvalue weighted by Crippen LogP contribution is -2.04. The van der Waals surface area contributed by atoms with Crippen LogP contribution < -0.4 is 19.9 Å². The second-order valence-electron chi connectivity index (χ2n) is 4.28. The Balaban J connectivity index is 2.50. The summed E-state index contributed by atoms with van der Waals surface area (Å²) in [5.41, 5.74) is 7.62. The molecule has 0 aliphatic carbocycles. The number of nitrogens with zero attached hydrogens (tertiary/aromatic N) is 1. The van der Waals surface area contributed by atoms with E-state index in [1.807, 2.05) is 24.4 Å². The van der Waals surface area contributed by atoms with Crippen LogP contribution in [0.2, 0.25) is 0 Å². The van der Waals surface area contributed by atoms with Gasteiger partial charge >= 0.3 is 0 Å². The predicted octanol–water partition coefficient (Wildman–Crippen LogP) is 2.86. The van der Waals surface area contributed by atoms with Crippen LogP contribution in [0.3, 0.4) is 0 Å². The third-order valence-electron chi connectivity index (χ3n) is 2.90. The molecular formula is C14H18N2O3S. The van der Waals surface area contributed by atoms with Crippen LogP contribution in [0, 0.1) is 0 Å². The van der Waals surface area contributed by atoms with E-state index in [0.717, 1.165) is 16.3 Å². The van der Waals surface area contributed by atoms with Crippen LogP contribution in [0.5, 0.6) is 17.2 Å². The quantitative estimate of drug-likeness (QED) is 0.918. The SMILES string of the molecule is COc1cc(-c2nc(C(C)N)cs2)cc(OC)c1OC. The van der Waals surface area contributed by atoms with Crippen molar-refractivity contribution in [1.82, 2.24) is 4.98 Å². The minimum Gasteiger partial charge on any atom is -0.493 e. The first-order chi connectivity index (χ1) is 9.60. The Kier molecular flexibility index (Phi) is 4.46. The number of nitrogens with two attached hydrogens (primary N) is 1. The van der Waals surface area contributed by atoms with Crippen LogP contribution in [0.4, 0.5) is 0 Å². The molecule has 20 heavy (non-hydrogen) atoms. The van der Waals surface area contributed by atoms with Crippen molar-refractivity contribution in [2.75, 3.05) is 21.3 Å². The van der Waals surface area contributed by atoms with Gasteiger partial charge in [0.2, 0.25) is 5.75 Å². The molecule has 2 aromatic rings. The first-order valence-corrected chi connectivity index (χ1v) is 7.00. The minimum absolute atomic E-state index is 0.0814. The fourth-order valence-electron chi connectivity index (χ4n) is 1.83. The summed E-state index contributed by atoms with van der Waals surface area (Å²) in [6.07, 6.45) is 0. The molecular weight excluding hydrogens is 276 g/mol. The summed E-state index contributed by atoms with van der Waals surface area (Å²) in [4.78, 5) is 4.53. The molecule has 0 radical (unpaired) electrons. The summed E-state index contributed by atoms with van der Waals surface area (Å²) in [5, 5.41) is 2.83. The van der Waals surface area contributed by atoms with E-state index in [9.17, 15) is 0 Å². The maximum atomic E-state index is 5.84. The van der Waals surface area contributed by atoms with Crippen LogP contribution in [0.1, 0.15) is 18.7 Å². The molecule has 0 saturated carbocycles. The molecule has 5 nitrogen and oxygen atoms in total. The van der Waals surface area contributed by atoms with Crippen LogP contribution in [0.15, 0.2) is 17.5 Å². The first-order valence-electron chi connectivity index (χ1n) is 6.12. The summed E-state index contributed by atoms with van der Waals surface area (Å²) in [6, 6.07) is 3.68. The zero-order chi connectivity index (χ0) is 14.7. The van der Waals surface area contributed by atoms with Gasteiger partial charge in [-0.25, -0.2) is 4.98 Å². The smallest absolute Gasteiger partial charge is 0.203 e. The molecule has 108 valence electrons. The molecule has 0 aliphatic heterocycles. The van der Waals surface area contributed by atoms with Crippen LogP contribution >= 0.6 is 11.3 Å². The molecule has 1 aromatic carbocycles. The average molecular weight is 294 g/mol. The molecule has 0 bridgehead atoms. The molecule has 0 spiro atoms. The highest BCUT2D eigenvalue weighted by Crippen LogP contribution is 2.41. The predicted molar refractivity (Wildman–Crippen MR) is 79.8 cm³/mol. The maximum absolute atomic E-state index is 5.84. The van der Waals surface area contributed by atoms with Gasteiger partial charge in [0.1, 0.15) is 5.01 Å². The molecule has 2 rings (SSSR count). The second kappa shape index (κ2) is 6.11. The number of benzene rings is 1. The second-order valence-corrected chi connectivity index (χ2v) is 5.14. The summed E-state index contributed by atoms with van der Waals surface area (Å²) >= 11 is 1.54. The van der Waals surface area contributed by atoms with Gasteiger partial charge in [-0.2, -0.15) is 0 Å². The minimum atomic E-state index is -0.0814. The summed E-state index contributed by atoms with van der Waals surface area (Å²) in [6.45, 7) is 1.91. The van der Waals surface area contributed by atoms with Crippen LogP contribution in [-0.2, 0) is 0 Å². The highest BCUT2D eigenvalue weighted by molar-refractivity contribution is 7.13. The molecule has 1 heterocycles. The zero-order valence-corrected chi connectivity index (χ0v) is 12.8. The molecule has 0 fully saturated rings. The Hall–Kier alpha value is -1.79. The molecule has 2 N–H and O–H groups in total. The van der Waals surface area contributed by atoms with E-state index in [2.05, 4.69) is 4.98 Å². The Labute approximate surface area is 122 Å². The Morgan fingerprint density at radius 2 is 1.70 bits per heavy atom. The molecule has 0 amide bonds.